The molecule has 0 unspecified atom stereocenters. The normalized spacial score (nSPS) is 33.8. The molecule has 3 rings (SSSR count). The molecule has 22 heavy (non-hydrogen) atoms. The zero-order chi connectivity index (χ0) is 16.0. The third-order valence-electron chi connectivity index (χ3n) is 4.58. The Bertz CT molecular complexity index is 480. The van der Waals surface area contributed by atoms with E-state index in [0.717, 1.165) is 10.7 Å². The first-order chi connectivity index (χ1) is 10.3. The maximum absolute atomic E-state index is 12.8. The highest BCUT2D eigenvalue weighted by molar-refractivity contribution is 7.99. The molecule has 0 aromatic heterocycles. The number of urea groups is 1. The van der Waals surface area contributed by atoms with Gasteiger partial charge in [0.15, 0.2) is 0 Å². The largest absolute Gasteiger partial charge is 0.393 e. The van der Waals surface area contributed by atoms with Crippen LogP contribution in [0.15, 0.2) is 0 Å². The number of carbonyl (C=O) groups excluding carboxylic acids is 2. The van der Waals surface area contributed by atoms with Crippen molar-refractivity contribution < 1.29 is 22.8 Å². The van der Waals surface area contributed by atoms with Crippen LogP contribution in [0.4, 0.5) is 18.0 Å². The summed E-state index contributed by atoms with van der Waals surface area (Å²) in [6, 6.07) is -0.485. The third kappa shape index (κ3) is 2.80. The van der Waals surface area contributed by atoms with E-state index in [9.17, 15) is 22.8 Å². The molecule has 3 fully saturated rings. The van der Waals surface area contributed by atoms with E-state index in [1.165, 1.54) is 0 Å². The molecule has 0 aromatic rings. The van der Waals surface area contributed by atoms with Crippen LogP contribution in [0.2, 0.25) is 0 Å². The number of nitrogens with one attached hydrogen (secondary N) is 1. The van der Waals surface area contributed by atoms with Crippen LogP contribution in [0.5, 0.6) is 0 Å². The molecular weight excluding hydrogens is 319 g/mol. The molecule has 0 aliphatic carbocycles. The van der Waals surface area contributed by atoms with Crippen molar-refractivity contribution in [2.24, 2.45) is 5.92 Å². The van der Waals surface area contributed by atoms with Gasteiger partial charge in [-0.15, -0.1) is 0 Å². The van der Waals surface area contributed by atoms with Crippen molar-refractivity contribution in [3.63, 3.8) is 0 Å². The molecule has 124 valence electrons. The van der Waals surface area contributed by atoms with Gasteiger partial charge in [0.05, 0.1) is 12.6 Å². The second-order valence-electron chi connectivity index (χ2n) is 6.15. The quantitative estimate of drug-likeness (QED) is 0.779. The summed E-state index contributed by atoms with van der Waals surface area (Å²) in [6.45, 7) is 0.275. The topological polar surface area (TPSA) is 52.7 Å². The summed E-state index contributed by atoms with van der Waals surface area (Å²) in [5.74, 6) is -0.325. The lowest BCUT2D eigenvalue weighted by molar-refractivity contribution is -0.187. The summed E-state index contributed by atoms with van der Waals surface area (Å²) < 4.78 is 38.5. The minimum atomic E-state index is -4.22. The summed E-state index contributed by atoms with van der Waals surface area (Å²) in [4.78, 5) is 27.1. The molecule has 3 aliphatic rings. The van der Waals surface area contributed by atoms with Gasteiger partial charge in [0.1, 0.15) is 5.54 Å². The summed E-state index contributed by atoms with van der Waals surface area (Å²) >= 11 is 1.60. The number of halogens is 3. The molecule has 9 heteroatoms. The molecule has 3 heterocycles. The predicted molar refractivity (Wildman–Crippen MR) is 75.3 cm³/mol. The Morgan fingerprint density at radius 1 is 1.36 bits per heavy atom. The fourth-order valence-electron chi connectivity index (χ4n) is 3.29. The number of likely N-dealkylation sites (tertiary alicyclic amines) is 1. The number of nitrogens with zero attached hydrogens (tertiary/aromatic N) is 2. The minimum Gasteiger partial charge on any atom is -0.322 e. The lowest BCUT2D eigenvalue weighted by atomic mass is 9.97. The number of imide groups is 1. The van der Waals surface area contributed by atoms with E-state index in [1.807, 2.05) is 0 Å². The van der Waals surface area contributed by atoms with Crippen molar-refractivity contribution in [3.8, 4) is 0 Å². The van der Waals surface area contributed by atoms with Crippen LogP contribution in [0.1, 0.15) is 19.3 Å². The van der Waals surface area contributed by atoms with Gasteiger partial charge in [-0.2, -0.15) is 24.9 Å². The van der Waals surface area contributed by atoms with Crippen LogP contribution in [-0.4, -0.2) is 64.7 Å². The molecule has 3 aliphatic heterocycles. The Morgan fingerprint density at radius 3 is 2.77 bits per heavy atom. The molecule has 3 saturated heterocycles. The lowest BCUT2D eigenvalue weighted by Gasteiger charge is -2.35. The molecule has 0 aromatic carbocycles. The van der Waals surface area contributed by atoms with Gasteiger partial charge >= 0.3 is 12.2 Å². The van der Waals surface area contributed by atoms with Crippen LogP contribution in [0, 0.1) is 5.92 Å². The number of hydrogen-bond acceptors (Lipinski definition) is 4. The lowest BCUT2D eigenvalue weighted by Crippen LogP contribution is -2.50. The molecule has 0 radical (unpaired) electrons. The van der Waals surface area contributed by atoms with E-state index in [1.54, 1.807) is 16.7 Å². The second kappa shape index (κ2) is 5.59. The fourth-order valence-corrected chi connectivity index (χ4v) is 4.61. The Labute approximate surface area is 130 Å². The van der Waals surface area contributed by atoms with E-state index in [-0.39, 0.29) is 25.5 Å². The average Bonchev–Trinajstić information content (AvgIpc) is 3.00. The molecule has 0 bridgehead atoms. The molecule has 1 N–H and O–H groups in total. The van der Waals surface area contributed by atoms with Gasteiger partial charge in [-0.25, -0.2) is 9.69 Å². The van der Waals surface area contributed by atoms with E-state index >= 15 is 0 Å². The highest BCUT2D eigenvalue weighted by Gasteiger charge is 2.53. The first-order valence-corrected chi connectivity index (χ1v) is 8.48. The minimum absolute atomic E-state index is 0.0519. The van der Waals surface area contributed by atoms with Crippen LogP contribution in [-0.2, 0) is 4.79 Å². The number of hydrogen-bond donors (Lipinski definition) is 1. The van der Waals surface area contributed by atoms with Gasteiger partial charge in [0.25, 0.3) is 5.91 Å². The summed E-state index contributed by atoms with van der Waals surface area (Å²) in [7, 11) is 0. The first-order valence-electron chi connectivity index (χ1n) is 7.33. The average molecular weight is 337 g/mol. The number of thioether (sulfide) groups is 1. The van der Waals surface area contributed by atoms with Crippen LogP contribution in [0.25, 0.3) is 0 Å². The SMILES string of the molecule is O=C1N[C@]2(CCSC2)C(=O)N1CN1CCC[C@H](C(F)(F)F)C1. The highest BCUT2D eigenvalue weighted by atomic mass is 32.2. The molecule has 2 atom stereocenters. The Morgan fingerprint density at radius 2 is 2.14 bits per heavy atom. The zero-order valence-electron chi connectivity index (χ0n) is 12.0. The number of alkyl halides is 3. The van der Waals surface area contributed by atoms with Crippen molar-refractivity contribution in [3.05, 3.63) is 0 Å². The van der Waals surface area contributed by atoms with Crippen LogP contribution >= 0.6 is 11.8 Å². The van der Waals surface area contributed by atoms with E-state index in [0.29, 0.717) is 25.1 Å². The maximum atomic E-state index is 12.8. The van der Waals surface area contributed by atoms with Crippen molar-refractivity contribution >= 4 is 23.7 Å². The Kier molecular flexibility index (Phi) is 4.05. The van der Waals surface area contributed by atoms with E-state index < -0.39 is 23.7 Å². The van der Waals surface area contributed by atoms with Gasteiger partial charge in [0, 0.05) is 12.3 Å². The molecule has 0 saturated carbocycles. The molecule has 1 spiro atoms. The monoisotopic (exact) mass is 337 g/mol. The number of rotatable bonds is 2. The first kappa shape index (κ1) is 15.9. The number of carbonyl (C=O) groups is 2. The molecular formula is C13H18F3N3O2S. The highest BCUT2D eigenvalue weighted by Crippen LogP contribution is 2.35. The summed E-state index contributed by atoms with van der Waals surface area (Å²) in [6.07, 6.45) is -3.10. The van der Waals surface area contributed by atoms with E-state index in [2.05, 4.69) is 5.32 Å². The molecule has 3 amide bonds. The second-order valence-corrected chi connectivity index (χ2v) is 7.25. The van der Waals surface area contributed by atoms with Crippen molar-refractivity contribution in [1.82, 2.24) is 15.1 Å². The van der Waals surface area contributed by atoms with Crippen LogP contribution in [0.3, 0.4) is 0 Å². The standard InChI is InChI=1S/C13H18F3N3O2S/c14-13(15,16)9-2-1-4-18(6-9)8-19-10(20)12(17-11(19)21)3-5-22-7-12/h9H,1-8H2,(H,17,21)/t9-,12-/m0/s1. The zero-order valence-corrected chi connectivity index (χ0v) is 12.8. The van der Waals surface area contributed by atoms with Crippen LogP contribution < -0.4 is 5.32 Å². The predicted octanol–water partition coefficient (Wildman–Crippen LogP) is 1.65. The molecule has 5 nitrogen and oxygen atoms in total. The van der Waals surface area contributed by atoms with Gasteiger partial charge < -0.3 is 5.32 Å². The van der Waals surface area contributed by atoms with Gasteiger partial charge in [-0.3, -0.25) is 9.69 Å². The number of amides is 3. The van der Waals surface area contributed by atoms with Crippen molar-refractivity contribution in [2.75, 3.05) is 31.3 Å². The summed E-state index contributed by atoms with van der Waals surface area (Å²) in [5, 5.41) is 2.73. The maximum Gasteiger partial charge on any atom is 0.393 e. The van der Waals surface area contributed by atoms with Gasteiger partial charge in [-0.1, -0.05) is 0 Å². The van der Waals surface area contributed by atoms with Crippen molar-refractivity contribution in [2.45, 2.75) is 31.0 Å². The smallest absolute Gasteiger partial charge is 0.322 e. The van der Waals surface area contributed by atoms with Gasteiger partial charge in [0.2, 0.25) is 0 Å². The third-order valence-corrected chi connectivity index (χ3v) is 5.77. The summed E-state index contributed by atoms with van der Waals surface area (Å²) in [5.41, 5.74) is -0.832. The fraction of sp³-hybridized carbons (Fsp3) is 0.846. The Balaban J connectivity index is 1.65. The van der Waals surface area contributed by atoms with Crippen molar-refractivity contribution in [1.29, 1.82) is 0 Å². The van der Waals surface area contributed by atoms with Gasteiger partial charge in [-0.05, 0) is 31.6 Å². The van der Waals surface area contributed by atoms with E-state index in [4.69, 9.17) is 0 Å². The Hall–Kier alpha value is -0.960. The number of piperidine rings is 1.